The molecule has 0 heterocycles. The third-order valence-corrected chi connectivity index (χ3v) is 2.25. The molecule has 19 heavy (non-hydrogen) atoms. The van der Waals surface area contributed by atoms with Crippen molar-refractivity contribution < 1.29 is 17.9 Å². The highest BCUT2D eigenvalue weighted by atomic mass is 35.5. The molecule has 0 spiro atoms. The molecule has 0 radical (unpaired) electrons. The first kappa shape index (κ1) is 15.7. The van der Waals surface area contributed by atoms with E-state index in [1.54, 1.807) is 0 Å². The number of rotatable bonds is 1. The van der Waals surface area contributed by atoms with Crippen molar-refractivity contribution in [2.45, 2.75) is 6.36 Å². The summed E-state index contributed by atoms with van der Waals surface area (Å²) in [6.45, 7) is 0. The number of benzene rings is 2. The third-order valence-electron chi connectivity index (χ3n) is 1.76. The molecule has 102 valence electrons. The fraction of sp³-hybridized carbons (Fsp3) is 0.0769. The average molecular weight is 309 g/mol. The van der Waals surface area contributed by atoms with Crippen LogP contribution in [0.3, 0.4) is 0 Å². The van der Waals surface area contributed by atoms with Gasteiger partial charge in [0, 0.05) is 10.0 Å². The highest BCUT2D eigenvalue weighted by Crippen LogP contribution is 2.24. The van der Waals surface area contributed by atoms with Crippen LogP contribution in [0.4, 0.5) is 13.2 Å². The van der Waals surface area contributed by atoms with E-state index in [9.17, 15) is 13.2 Å². The normalized spacial score (nSPS) is 10.4. The fourth-order valence-electron chi connectivity index (χ4n) is 1.08. The monoisotopic (exact) mass is 308 g/mol. The lowest BCUT2D eigenvalue weighted by Crippen LogP contribution is -2.16. The van der Waals surface area contributed by atoms with Crippen molar-refractivity contribution in [2.24, 2.45) is 0 Å². The molecule has 1 nitrogen and oxygen atoms in total. The minimum Gasteiger partial charge on any atom is -0.406 e. The van der Waals surface area contributed by atoms with E-state index in [1.165, 1.54) is 18.2 Å². The number of hydrogen-bond acceptors (Lipinski definition) is 1. The second kappa shape index (κ2) is 7.26. The molecule has 2 aromatic rings. The van der Waals surface area contributed by atoms with E-state index in [-0.39, 0.29) is 10.8 Å². The molecule has 0 saturated carbocycles. The van der Waals surface area contributed by atoms with Crippen molar-refractivity contribution in [1.29, 1.82) is 0 Å². The van der Waals surface area contributed by atoms with Gasteiger partial charge in [-0.15, -0.1) is 13.2 Å². The summed E-state index contributed by atoms with van der Waals surface area (Å²) >= 11 is 11.0. The van der Waals surface area contributed by atoms with Crippen molar-refractivity contribution in [3.8, 4) is 5.75 Å². The van der Waals surface area contributed by atoms with Crippen LogP contribution in [0, 0.1) is 0 Å². The summed E-state index contributed by atoms with van der Waals surface area (Å²) in [6.07, 6.45) is -4.66. The Morgan fingerprint density at radius 2 is 1.37 bits per heavy atom. The van der Waals surface area contributed by atoms with Gasteiger partial charge in [-0.05, 0) is 30.3 Å². The molecule has 2 aromatic carbocycles. The summed E-state index contributed by atoms with van der Waals surface area (Å²) in [5, 5.41) is 0.999. The standard InChI is InChI=1S/C7H4ClF3O.C6H5Cl/c8-5-2-1-3-6(4-5)12-7(9,10)11;7-6-4-2-1-3-5-6/h1-4H;1-5H. The minimum atomic E-state index is -4.66. The van der Waals surface area contributed by atoms with Crippen LogP contribution in [-0.2, 0) is 0 Å². The van der Waals surface area contributed by atoms with Crippen molar-refractivity contribution in [2.75, 3.05) is 0 Å². The van der Waals surface area contributed by atoms with Crippen LogP contribution in [0.15, 0.2) is 54.6 Å². The van der Waals surface area contributed by atoms with Crippen LogP contribution in [0.5, 0.6) is 5.75 Å². The lowest BCUT2D eigenvalue weighted by atomic mass is 10.3. The van der Waals surface area contributed by atoms with Gasteiger partial charge < -0.3 is 4.74 Å². The second-order valence-electron chi connectivity index (χ2n) is 3.30. The number of halogens is 5. The van der Waals surface area contributed by atoms with E-state index < -0.39 is 6.36 Å². The Bertz CT molecular complexity index is 501. The van der Waals surface area contributed by atoms with Crippen molar-refractivity contribution in [3.05, 3.63) is 64.6 Å². The zero-order valence-electron chi connectivity index (χ0n) is 9.49. The van der Waals surface area contributed by atoms with E-state index >= 15 is 0 Å². The van der Waals surface area contributed by atoms with E-state index in [4.69, 9.17) is 23.2 Å². The third kappa shape index (κ3) is 7.59. The Kier molecular flexibility index (Phi) is 5.99. The molecular weight excluding hydrogens is 300 g/mol. The molecular formula is C13H9Cl2F3O. The molecule has 0 N–H and O–H groups in total. The first-order valence-corrected chi connectivity index (χ1v) is 5.84. The lowest BCUT2D eigenvalue weighted by Gasteiger charge is -2.07. The van der Waals surface area contributed by atoms with Crippen LogP contribution in [0.25, 0.3) is 0 Å². The topological polar surface area (TPSA) is 9.23 Å². The van der Waals surface area contributed by atoms with Crippen LogP contribution in [0.2, 0.25) is 10.0 Å². The van der Waals surface area contributed by atoms with Crippen LogP contribution in [0.1, 0.15) is 0 Å². The van der Waals surface area contributed by atoms with Gasteiger partial charge in [-0.2, -0.15) is 0 Å². The Balaban J connectivity index is 0.000000218. The lowest BCUT2D eigenvalue weighted by molar-refractivity contribution is -0.274. The SMILES string of the molecule is Clc1ccccc1.FC(F)(F)Oc1cccc(Cl)c1. The molecule has 0 fully saturated rings. The molecule has 0 aliphatic carbocycles. The molecule has 2 rings (SSSR count). The molecule has 0 amide bonds. The number of alkyl halides is 3. The summed E-state index contributed by atoms with van der Waals surface area (Å²) in [6, 6.07) is 14.6. The predicted molar refractivity (Wildman–Crippen MR) is 69.6 cm³/mol. The molecule has 0 saturated heterocycles. The summed E-state index contributed by atoms with van der Waals surface area (Å²) in [7, 11) is 0. The van der Waals surface area contributed by atoms with Crippen LogP contribution >= 0.6 is 23.2 Å². The fourth-order valence-corrected chi connectivity index (χ4v) is 1.40. The summed E-state index contributed by atoms with van der Waals surface area (Å²) in [5.74, 6) is -0.310. The maximum atomic E-state index is 11.6. The van der Waals surface area contributed by atoms with Gasteiger partial charge in [-0.3, -0.25) is 0 Å². The molecule has 6 heteroatoms. The van der Waals surface area contributed by atoms with Crippen LogP contribution < -0.4 is 4.74 Å². The molecule has 0 aliphatic rings. The average Bonchev–Trinajstić information content (AvgIpc) is 2.28. The van der Waals surface area contributed by atoms with Gasteiger partial charge in [0.05, 0.1) is 0 Å². The van der Waals surface area contributed by atoms with Crippen molar-refractivity contribution in [1.82, 2.24) is 0 Å². The molecule has 0 unspecified atom stereocenters. The summed E-state index contributed by atoms with van der Waals surface area (Å²) in [5.41, 5.74) is 0. The summed E-state index contributed by atoms with van der Waals surface area (Å²) in [4.78, 5) is 0. The van der Waals surface area contributed by atoms with Gasteiger partial charge in [0.25, 0.3) is 0 Å². The molecule has 0 aromatic heterocycles. The van der Waals surface area contributed by atoms with Gasteiger partial charge in [-0.25, -0.2) is 0 Å². The minimum absolute atomic E-state index is 0.205. The first-order valence-electron chi connectivity index (χ1n) is 5.09. The van der Waals surface area contributed by atoms with Gasteiger partial charge in [-0.1, -0.05) is 47.5 Å². The first-order chi connectivity index (χ1) is 8.87. The molecule has 0 bridgehead atoms. The maximum Gasteiger partial charge on any atom is 0.573 e. The maximum absolute atomic E-state index is 11.6. The highest BCUT2D eigenvalue weighted by Gasteiger charge is 2.30. The smallest absolute Gasteiger partial charge is 0.406 e. The van der Waals surface area contributed by atoms with E-state index in [0.717, 1.165) is 11.1 Å². The number of hydrogen-bond donors (Lipinski definition) is 0. The molecule has 0 atom stereocenters. The quantitative estimate of drug-likeness (QED) is 0.668. The largest absolute Gasteiger partial charge is 0.573 e. The Hall–Kier alpha value is -1.39. The van der Waals surface area contributed by atoms with Crippen LogP contribution in [-0.4, -0.2) is 6.36 Å². The van der Waals surface area contributed by atoms with Gasteiger partial charge in [0.15, 0.2) is 0 Å². The Morgan fingerprint density at radius 3 is 1.79 bits per heavy atom. The summed E-state index contributed by atoms with van der Waals surface area (Å²) < 4.78 is 38.4. The van der Waals surface area contributed by atoms with E-state index in [1.807, 2.05) is 30.3 Å². The van der Waals surface area contributed by atoms with Gasteiger partial charge >= 0.3 is 6.36 Å². The second-order valence-corrected chi connectivity index (χ2v) is 4.17. The number of ether oxygens (including phenoxy) is 1. The van der Waals surface area contributed by atoms with Gasteiger partial charge in [0.1, 0.15) is 5.75 Å². The Labute approximate surface area is 118 Å². The zero-order valence-corrected chi connectivity index (χ0v) is 11.0. The van der Waals surface area contributed by atoms with E-state index in [2.05, 4.69) is 4.74 Å². The van der Waals surface area contributed by atoms with Gasteiger partial charge in [0.2, 0.25) is 0 Å². The van der Waals surface area contributed by atoms with Crippen molar-refractivity contribution in [3.63, 3.8) is 0 Å². The highest BCUT2D eigenvalue weighted by molar-refractivity contribution is 6.30. The predicted octanol–water partition coefficient (Wildman–Crippen LogP) is 5.58. The zero-order chi connectivity index (χ0) is 14.3. The van der Waals surface area contributed by atoms with E-state index in [0.29, 0.717) is 0 Å². The molecule has 0 aliphatic heterocycles. The van der Waals surface area contributed by atoms with Crippen molar-refractivity contribution >= 4 is 23.2 Å². The Morgan fingerprint density at radius 1 is 0.789 bits per heavy atom.